The molecule has 0 bridgehead atoms. The fourth-order valence-corrected chi connectivity index (χ4v) is 1.74. The average molecular weight is 243 g/mol. The Bertz CT molecular complexity index is 508. The molecule has 3 heteroatoms. The molecule has 1 atom stereocenters. The zero-order valence-corrected chi connectivity index (χ0v) is 11.4. The molecule has 1 aromatic heterocycles. The Balaban J connectivity index is 1.96. The summed E-state index contributed by atoms with van der Waals surface area (Å²) < 4.78 is 0. The lowest BCUT2D eigenvalue weighted by Gasteiger charge is -2.15. The van der Waals surface area contributed by atoms with Gasteiger partial charge in [-0.15, -0.1) is 0 Å². The van der Waals surface area contributed by atoms with Crippen LogP contribution in [0.5, 0.6) is 0 Å². The fraction of sp³-hybridized carbons (Fsp3) is 0.467. The first kappa shape index (κ1) is 13.0. The van der Waals surface area contributed by atoms with Crippen molar-refractivity contribution in [1.29, 1.82) is 0 Å². The molecule has 0 aliphatic heterocycles. The predicted octanol–water partition coefficient (Wildman–Crippen LogP) is 3.01. The van der Waals surface area contributed by atoms with Crippen molar-refractivity contribution in [3.05, 3.63) is 36.2 Å². The number of fused-ring (bicyclic) bond motifs is 1. The van der Waals surface area contributed by atoms with Gasteiger partial charge in [-0.3, -0.25) is 4.98 Å². The van der Waals surface area contributed by atoms with E-state index in [-0.39, 0.29) is 0 Å². The van der Waals surface area contributed by atoms with E-state index in [2.05, 4.69) is 36.1 Å². The third-order valence-electron chi connectivity index (χ3n) is 3.41. The van der Waals surface area contributed by atoms with Gasteiger partial charge in [0.05, 0.1) is 22.9 Å². The Kier molecular flexibility index (Phi) is 4.26. The van der Waals surface area contributed by atoms with Crippen LogP contribution < -0.4 is 5.32 Å². The van der Waals surface area contributed by atoms with Gasteiger partial charge >= 0.3 is 0 Å². The SMILES string of the molecule is CC(C)C(C)CNCc1cnc2ccccc2n1. The Hall–Kier alpha value is -1.48. The molecule has 1 aromatic carbocycles. The van der Waals surface area contributed by atoms with E-state index in [0.29, 0.717) is 11.8 Å². The molecule has 3 nitrogen and oxygen atoms in total. The minimum absolute atomic E-state index is 0.679. The zero-order chi connectivity index (χ0) is 13.0. The molecule has 1 unspecified atom stereocenters. The van der Waals surface area contributed by atoms with Crippen LogP contribution in [0, 0.1) is 11.8 Å². The number of nitrogens with zero attached hydrogens (tertiary/aromatic N) is 2. The molecule has 0 amide bonds. The summed E-state index contributed by atoms with van der Waals surface area (Å²) >= 11 is 0. The van der Waals surface area contributed by atoms with Crippen molar-refractivity contribution >= 4 is 11.0 Å². The third-order valence-corrected chi connectivity index (χ3v) is 3.41. The van der Waals surface area contributed by atoms with Crippen molar-refractivity contribution in [2.75, 3.05) is 6.54 Å². The zero-order valence-electron chi connectivity index (χ0n) is 11.4. The van der Waals surface area contributed by atoms with Crippen LogP contribution in [-0.2, 0) is 6.54 Å². The Morgan fingerprint density at radius 1 is 1.11 bits per heavy atom. The topological polar surface area (TPSA) is 37.8 Å². The van der Waals surface area contributed by atoms with Crippen LogP contribution >= 0.6 is 0 Å². The van der Waals surface area contributed by atoms with Gasteiger partial charge in [-0.05, 0) is 30.5 Å². The molecule has 0 fully saturated rings. The smallest absolute Gasteiger partial charge is 0.0890 e. The van der Waals surface area contributed by atoms with Gasteiger partial charge in [0.2, 0.25) is 0 Å². The van der Waals surface area contributed by atoms with Gasteiger partial charge in [0, 0.05) is 6.54 Å². The largest absolute Gasteiger partial charge is 0.311 e. The number of nitrogens with one attached hydrogen (secondary N) is 1. The molecule has 0 aliphatic carbocycles. The molecule has 0 radical (unpaired) electrons. The van der Waals surface area contributed by atoms with Crippen LogP contribution in [0.1, 0.15) is 26.5 Å². The second kappa shape index (κ2) is 5.91. The maximum absolute atomic E-state index is 4.59. The first-order valence-electron chi connectivity index (χ1n) is 6.58. The number of benzene rings is 1. The van der Waals surface area contributed by atoms with Crippen molar-refractivity contribution in [3.63, 3.8) is 0 Å². The predicted molar refractivity (Wildman–Crippen MR) is 75.2 cm³/mol. The minimum atomic E-state index is 0.679. The summed E-state index contributed by atoms with van der Waals surface area (Å²) in [7, 11) is 0. The summed E-state index contributed by atoms with van der Waals surface area (Å²) in [5.74, 6) is 1.39. The van der Waals surface area contributed by atoms with Gasteiger partial charge in [-0.25, -0.2) is 4.98 Å². The van der Waals surface area contributed by atoms with Gasteiger partial charge in [0.25, 0.3) is 0 Å². The summed E-state index contributed by atoms with van der Waals surface area (Å²) in [6, 6.07) is 7.97. The summed E-state index contributed by atoms with van der Waals surface area (Å²) in [6.07, 6.45) is 1.86. The Morgan fingerprint density at radius 3 is 2.56 bits per heavy atom. The molecule has 96 valence electrons. The van der Waals surface area contributed by atoms with E-state index in [9.17, 15) is 0 Å². The summed E-state index contributed by atoms with van der Waals surface area (Å²) in [6.45, 7) is 8.58. The first-order chi connectivity index (χ1) is 8.66. The van der Waals surface area contributed by atoms with Crippen molar-refractivity contribution < 1.29 is 0 Å². The average Bonchev–Trinajstić information content (AvgIpc) is 2.38. The molecule has 0 saturated carbocycles. The van der Waals surface area contributed by atoms with Gasteiger partial charge in [0.1, 0.15) is 0 Å². The maximum Gasteiger partial charge on any atom is 0.0890 e. The third kappa shape index (κ3) is 3.26. The van der Waals surface area contributed by atoms with Gasteiger partial charge in [-0.2, -0.15) is 0 Å². The Labute approximate surface area is 109 Å². The number of hydrogen-bond acceptors (Lipinski definition) is 3. The second-order valence-electron chi connectivity index (χ2n) is 5.20. The Morgan fingerprint density at radius 2 is 1.83 bits per heavy atom. The van der Waals surface area contributed by atoms with E-state index in [1.54, 1.807) is 0 Å². The van der Waals surface area contributed by atoms with Crippen molar-refractivity contribution in [2.24, 2.45) is 11.8 Å². The monoisotopic (exact) mass is 243 g/mol. The van der Waals surface area contributed by atoms with Crippen molar-refractivity contribution in [3.8, 4) is 0 Å². The van der Waals surface area contributed by atoms with Gasteiger partial charge in [0.15, 0.2) is 0 Å². The van der Waals surface area contributed by atoms with E-state index in [0.717, 1.165) is 29.8 Å². The lowest BCUT2D eigenvalue weighted by atomic mass is 9.98. The molecule has 1 N–H and O–H groups in total. The standard InChI is InChI=1S/C15H21N3/c1-11(2)12(3)8-16-9-13-10-17-14-6-4-5-7-15(14)18-13/h4-7,10-12,16H,8-9H2,1-3H3. The first-order valence-corrected chi connectivity index (χ1v) is 6.58. The molecule has 0 aliphatic rings. The molecule has 1 heterocycles. The lowest BCUT2D eigenvalue weighted by molar-refractivity contribution is 0.391. The lowest BCUT2D eigenvalue weighted by Crippen LogP contribution is -2.24. The molecule has 0 saturated heterocycles. The van der Waals surface area contributed by atoms with E-state index in [1.807, 2.05) is 30.5 Å². The van der Waals surface area contributed by atoms with Crippen LogP contribution in [0.25, 0.3) is 11.0 Å². The van der Waals surface area contributed by atoms with Crippen LogP contribution in [0.3, 0.4) is 0 Å². The highest BCUT2D eigenvalue weighted by atomic mass is 14.9. The minimum Gasteiger partial charge on any atom is -0.311 e. The molecule has 2 aromatic rings. The van der Waals surface area contributed by atoms with Crippen LogP contribution in [0.2, 0.25) is 0 Å². The quantitative estimate of drug-likeness (QED) is 0.877. The summed E-state index contributed by atoms with van der Waals surface area (Å²) in [4.78, 5) is 9.00. The normalized spacial score (nSPS) is 13.1. The van der Waals surface area contributed by atoms with E-state index in [1.165, 1.54) is 0 Å². The molecule has 2 rings (SSSR count). The van der Waals surface area contributed by atoms with E-state index >= 15 is 0 Å². The fourth-order valence-electron chi connectivity index (χ4n) is 1.74. The van der Waals surface area contributed by atoms with Gasteiger partial charge in [-0.1, -0.05) is 32.9 Å². The van der Waals surface area contributed by atoms with Gasteiger partial charge < -0.3 is 5.32 Å². The van der Waals surface area contributed by atoms with Crippen molar-refractivity contribution in [1.82, 2.24) is 15.3 Å². The number of hydrogen-bond donors (Lipinski definition) is 1. The van der Waals surface area contributed by atoms with Crippen LogP contribution in [0.15, 0.2) is 30.5 Å². The van der Waals surface area contributed by atoms with E-state index < -0.39 is 0 Å². The molecular formula is C15H21N3. The maximum atomic E-state index is 4.59. The van der Waals surface area contributed by atoms with E-state index in [4.69, 9.17) is 0 Å². The highest BCUT2D eigenvalue weighted by Crippen LogP contribution is 2.10. The molecular weight excluding hydrogens is 222 g/mol. The highest BCUT2D eigenvalue weighted by molar-refractivity contribution is 5.73. The summed E-state index contributed by atoms with van der Waals surface area (Å²) in [5.41, 5.74) is 2.93. The summed E-state index contributed by atoms with van der Waals surface area (Å²) in [5, 5.41) is 3.44. The molecule has 18 heavy (non-hydrogen) atoms. The molecule has 0 spiro atoms. The van der Waals surface area contributed by atoms with Crippen molar-refractivity contribution in [2.45, 2.75) is 27.3 Å². The number of para-hydroxylation sites is 2. The highest BCUT2D eigenvalue weighted by Gasteiger charge is 2.06. The second-order valence-corrected chi connectivity index (χ2v) is 5.20. The number of aromatic nitrogens is 2. The van der Waals surface area contributed by atoms with Crippen LogP contribution in [0.4, 0.5) is 0 Å². The van der Waals surface area contributed by atoms with Crippen LogP contribution in [-0.4, -0.2) is 16.5 Å². The number of rotatable bonds is 5.